The van der Waals surface area contributed by atoms with Gasteiger partial charge in [0.25, 0.3) is 0 Å². The van der Waals surface area contributed by atoms with Crippen molar-refractivity contribution in [1.82, 2.24) is 20.8 Å². The van der Waals surface area contributed by atoms with E-state index in [9.17, 15) is 9.59 Å². The third kappa shape index (κ3) is 3.94. The molecule has 0 radical (unpaired) electrons. The van der Waals surface area contributed by atoms with Gasteiger partial charge in [0.1, 0.15) is 0 Å². The summed E-state index contributed by atoms with van der Waals surface area (Å²) in [6.07, 6.45) is 3.58. The van der Waals surface area contributed by atoms with Crippen LogP contribution in [0.2, 0.25) is 0 Å². The zero-order valence-electron chi connectivity index (χ0n) is 10.3. The van der Waals surface area contributed by atoms with Crippen LogP contribution < -0.4 is 10.6 Å². The number of carbonyl (C=O) groups excluding carboxylic acids is 1. The first kappa shape index (κ1) is 13.3. The first-order valence-corrected chi connectivity index (χ1v) is 6.18. The number of nitrogens with one attached hydrogen (secondary N) is 2. The average molecular weight is 268 g/mol. The molecule has 1 saturated carbocycles. The molecule has 1 aliphatic rings. The first-order chi connectivity index (χ1) is 9.15. The Morgan fingerprint density at radius 3 is 2.95 bits per heavy atom. The molecule has 19 heavy (non-hydrogen) atoms. The molecular weight excluding hydrogens is 252 g/mol. The molecule has 1 aromatic heterocycles. The second-order valence-electron chi connectivity index (χ2n) is 4.53. The minimum atomic E-state index is -0.791. The molecule has 0 saturated heterocycles. The Morgan fingerprint density at radius 1 is 1.47 bits per heavy atom. The van der Waals surface area contributed by atoms with Crippen molar-refractivity contribution in [2.24, 2.45) is 5.92 Å². The highest BCUT2D eigenvalue weighted by molar-refractivity contribution is 5.75. The SMILES string of the molecule is O=C(NCCc1ncno1)N[C@H]1CC[C@@H](C(=O)O)C1. The lowest BCUT2D eigenvalue weighted by molar-refractivity contribution is -0.141. The van der Waals surface area contributed by atoms with Crippen LogP contribution >= 0.6 is 0 Å². The minimum absolute atomic E-state index is 0.0653. The van der Waals surface area contributed by atoms with Gasteiger partial charge in [0.2, 0.25) is 5.89 Å². The number of aromatic nitrogens is 2. The van der Waals surface area contributed by atoms with E-state index in [1.807, 2.05) is 0 Å². The maximum atomic E-state index is 11.6. The Morgan fingerprint density at radius 2 is 2.32 bits per heavy atom. The first-order valence-electron chi connectivity index (χ1n) is 6.18. The van der Waals surface area contributed by atoms with E-state index in [0.717, 1.165) is 0 Å². The normalized spacial score (nSPS) is 22.1. The predicted octanol–water partition coefficient (Wildman–Crippen LogP) is 0.165. The van der Waals surface area contributed by atoms with E-state index in [2.05, 4.69) is 20.8 Å². The van der Waals surface area contributed by atoms with Gasteiger partial charge in [0.05, 0.1) is 5.92 Å². The van der Waals surface area contributed by atoms with Gasteiger partial charge in [-0.05, 0) is 19.3 Å². The third-order valence-electron chi connectivity index (χ3n) is 3.15. The molecule has 0 unspecified atom stereocenters. The molecule has 2 rings (SSSR count). The largest absolute Gasteiger partial charge is 0.481 e. The molecule has 1 heterocycles. The molecule has 2 atom stereocenters. The standard InChI is InChI=1S/C11H16N4O4/c16-10(17)7-1-2-8(5-7)15-11(18)12-4-3-9-13-6-14-19-9/h6-8H,1-5H2,(H,16,17)(H2,12,15,18)/t7-,8+/m1/s1. The van der Waals surface area contributed by atoms with Crippen LogP contribution in [-0.2, 0) is 11.2 Å². The second kappa shape index (κ2) is 6.17. The van der Waals surface area contributed by atoms with Crippen molar-refractivity contribution in [3.63, 3.8) is 0 Å². The number of carbonyl (C=O) groups is 2. The maximum absolute atomic E-state index is 11.6. The summed E-state index contributed by atoms with van der Waals surface area (Å²) in [5.41, 5.74) is 0. The Bertz CT molecular complexity index is 434. The van der Waals surface area contributed by atoms with Crippen molar-refractivity contribution in [3.05, 3.63) is 12.2 Å². The third-order valence-corrected chi connectivity index (χ3v) is 3.15. The smallest absolute Gasteiger partial charge is 0.315 e. The molecule has 1 aliphatic carbocycles. The number of carboxylic acids is 1. The van der Waals surface area contributed by atoms with E-state index < -0.39 is 5.97 Å². The molecule has 0 aromatic carbocycles. The van der Waals surface area contributed by atoms with Crippen molar-refractivity contribution in [1.29, 1.82) is 0 Å². The van der Waals surface area contributed by atoms with Crippen molar-refractivity contribution in [2.45, 2.75) is 31.7 Å². The second-order valence-corrected chi connectivity index (χ2v) is 4.53. The van der Waals surface area contributed by atoms with Crippen LogP contribution in [0.5, 0.6) is 0 Å². The van der Waals surface area contributed by atoms with Crippen LogP contribution in [0.25, 0.3) is 0 Å². The summed E-state index contributed by atoms with van der Waals surface area (Å²) in [6, 6.07) is -0.361. The van der Waals surface area contributed by atoms with E-state index in [-0.39, 0.29) is 18.0 Å². The van der Waals surface area contributed by atoms with Gasteiger partial charge < -0.3 is 20.3 Å². The topological polar surface area (TPSA) is 117 Å². The van der Waals surface area contributed by atoms with Gasteiger partial charge in [0, 0.05) is 19.0 Å². The van der Waals surface area contributed by atoms with Gasteiger partial charge in [-0.15, -0.1) is 0 Å². The quantitative estimate of drug-likeness (QED) is 0.700. The molecule has 0 bridgehead atoms. The number of urea groups is 1. The van der Waals surface area contributed by atoms with Gasteiger partial charge in [0.15, 0.2) is 6.33 Å². The molecule has 0 aliphatic heterocycles. The lowest BCUT2D eigenvalue weighted by atomic mass is 10.1. The highest BCUT2D eigenvalue weighted by Gasteiger charge is 2.30. The number of nitrogens with zero attached hydrogens (tertiary/aromatic N) is 2. The summed E-state index contributed by atoms with van der Waals surface area (Å²) in [5.74, 6) is -0.670. The zero-order valence-corrected chi connectivity index (χ0v) is 10.3. The summed E-state index contributed by atoms with van der Waals surface area (Å²) < 4.78 is 4.79. The molecule has 2 amide bonds. The van der Waals surface area contributed by atoms with Gasteiger partial charge in [-0.1, -0.05) is 5.16 Å². The Labute approximate surface area is 109 Å². The molecule has 1 fully saturated rings. The van der Waals surface area contributed by atoms with Gasteiger partial charge >= 0.3 is 12.0 Å². The van der Waals surface area contributed by atoms with E-state index in [0.29, 0.717) is 38.1 Å². The van der Waals surface area contributed by atoms with Crippen LogP contribution in [0, 0.1) is 5.92 Å². The van der Waals surface area contributed by atoms with Gasteiger partial charge in [-0.25, -0.2) is 4.79 Å². The number of rotatable bonds is 5. The molecule has 0 spiro atoms. The van der Waals surface area contributed by atoms with Crippen molar-refractivity contribution >= 4 is 12.0 Å². The Hall–Kier alpha value is -2.12. The number of carboxylic acid groups (broad SMARTS) is 1. The summed E-state index contributed by atoms with van der Waals surface area (Å²) in [4.78, 5) is 26.2. The van der Waals surface area contributed by atoms with Gasteiger partial charge in [-0.2, -0.15) is 4.98 Å². The predicted molar refractivity (Wildman–Crippen MR) is 63.3 cm³/mol. The molecule has 1 aromatic rings. The minimum Gasteiger partial charge on any atom is -0.481 e. The van der Waals surface area contributed by atoms with Crippen LogP contribution in [-0.4, -0.2) is 39.8 Å². The number of aliphatic carboxylic acids is 1. The fraction of sp³-hybridized carbons (Fsp3) is 0.636. The molecule has 8 nitrogen and oxygen atoms in total. The zero-order chi connectivity index (χ0) is 13.7. The molecule has 104 valence electrons. The maximum Gasteiger partial charge on any atom is 0.315 e. The lowest BCUT2D eigenvalue weighted by Crippen LogP contribution is -2.41. The molecule has 8 heteroatoms. The lowest BCUT2D eigenvalue weighted by Gasteiger charge is -2.12. The fourth-order valence-electron chi connectivity index (χ4n) is 2.16. The number of hydrogen-bond acceptors (Lipinski definition) is 5. The Balaban J connectivity index is 1.63. The van der Waals surface area contributed by atoms with Crippen molar-refractivity contribution in [2.75, 3.05) is 6.54 Å². The van der Waals surface area contributed by atoms with E-state index in [1.54, 1.807) is 0 Å². The summed E-state index contributed by atoms with van der Waals surface area (Å²) >= 11 is 0. The number of amides is 2. The summed E-state index contributed by atoms with van der Waals surface area (Å²) in [6.45, 7) is 0.392. The highest BCUT2D eigenvalue weighted by atomic mass is 16.5. The average Bonchev–Trinajstić information content (AvgIpc) is 3.00. The fourth-order valence-corrected chi connectivity index (χ4v) is 2.16. The monoisotopic (exact) mass is 268 g/mol. The van der Waals surface area contributed by atoms with E-state index >= 15 is 0 Å². The van der Waals surface area contributed by atoms with Crippen molar-refractivity contribution in [3.8, 4) is 0 Å². The summed E-state index contributed by atoms with van der Waals surface area (Å²) in [5, 5.41) is 17.7. The molecule has 3 N–H and O–H groups in total. The van der Waals surface area contributed by atoms with Crippen LogP contribution in [0.4, 0.5) is 4.79 Å². The summed E-state index contributed by atoms with van der Waals surface area (Å²) in [7, 11) is 0. The Kier molecular flexibility index (Phi) is 4.32. The van der Waals surface area contributed by atoms with Gasteiger partial charge in [-0.3, -0.25) is 4.79 Å². The van der Waals surface area contributed by atoms with Crippen LogP contribution in [0.1, 0.15) is 25.2 Å². The molecular formula is C11H16N4O4. The van der Waals surface area contributed by atoms with Crippen LogP contribution in [0.15, 0.2) is 10.9 Å². The highest BCUT2D eigenvalue weighted by Crippen LogP contribution is 2.25. The van der Waals surface area contributed by atoms with E-state index in [4.69, 9.17) is 9.63 Å². The van der Waals surface area contributed by atoms with Crippen molar-refractivity contribution < 1.29 is 19.2 Å². The number of hydrogen-bond donors (Lipinski definition) is 3. The van der Waals surface area contributed by atoms with Crippen LogP contribution in [0.3, 0.4) is 0 Å². The van der Waals surface area contributed by atoms with E-state index in [1.165, 1.54) is 6.33 Å².